The second-order valence-electron chi connectivity index (χ2n) is 4.05. The van der Waals surface area contributed by atoms with Crippen LogP contribution >= 0.6 is 11.6 Å². The van der Waals surface area contributed by atoms with Crippen molar-refractivity contribution < 1.29 is 4.74 Å². The van der Waals surface area contributed by atoms with E-state index in [1.54, 1.807) is 4.68 Å². The van der Waals surface area contributed by atoms with Crippen LogP contribution in [0.1, 0.15) is 25.1 Å². The van der Waals surface area contributed by atoms with Crippen LogP contribution in [0.4, 0.5) is 0 Å². The summed E-state index contributed by atoms with van der Waals surface area (Å²) in [7, 11) is 0. The molecular weight excluding hydrogens is 248 g/mol. The Labute approximate surface area is 112 Å². The summed E-state index contributed by atoms with van der Waals surface area (Å²) >= 11 is 6.30. The number of hydrogen-bond donors (Lipinski definition) is 0. The third-order valence-electron chi connectivity index (χ3n) is 2.88. The van der Waals surface area contributed by atoms with Crippen molar-refractivity contribution in [3.05, 3.63) is 40.7 Å². The largest absolute Gasteiger partial charge is 0.494 e. The first kappa shape index (κ1) is 13.0. The number of aryl methyl sites for hydroxylation is 1. The minimum atomic E-state index is 0.668. The van der Waals surface area contributed by atoms with Gasteiger partial charge in [-0.3, -0.25) is 0 Å². The predicted molar refractivity (Wildman–Crippen MR) is 73.9 cm³/mol. The fourth-order valence-corrected chi connectivity index (χ4v) is 2.12. The molecule has 0 aliphatic heterocycles. The molecule has 2 aromatic rings. The van der Waals surface area contributed by atoms with Crippen molar-refractivity contribution in [3.63, 3.8) is 0 Å². The number of rotatable bonds is 4. The SMILES string of the molecule is CCOc1ccc(-n2nc(CC)c(C)c2Cl)cc1. The quantitative estimate of drug-likeness (QED) is 0.840. The highest BCUT2D eigenvalue weighted by atomic mass is 35.5. The topological polar surface area (TPSA) is 27.1 Å². The zero-order valence-electron chi connectivity index (χ0n) is 10.9. The highest BCUT2D eigenvalue weighted by molar-refractivity contribution is 6.30. The van der Waals surface area contributed by atoms with Crippen molar-refractivity contribution in [2.75, 3.05) is 6.61 Å². The standard InChI is InChI=1S/C14H17ClN2O/c1-4-13-10(3)14(15)17(16-13)11-6-8-12(9-7-11)18-5-2/h6-9H,4-5H2,1-3H3. The highest BCUT2D eigenvalue weighted by Gasteiger charge is 2.12. The molecule has 0 saturated carbocycles. The maximum absolute atomic E-state index is 6.30. The Morgan fingerprint density at radius 2 is 1.89 bits per heavy atom. The average molecular weight is 265 g/mol. The fourth-order valence-electron chi connectivity index (χ4n) is 1.87. The van der Waals surface area contributed by atoms with Gasteiger partial charge in [-0.15, -0.1) is 0 Å². The molecule has 18 heavy (non-hydrogen) atoms. The first-order valence-electron chi connectivity index (χ1n) is 6.14. The molecule has 0 amide bonds. The van der Waals surface area contributed by atoms with Crippen LogP contribution < -0.4 is 4.74 Å². The average Bonchev–Trinajstić information content (AvgIpc) is 2.68. The first-order chi connectivity index (χ1) is 8.67. The van der Waals surface area contributed by atoms with Crippen LogP contribution in [0.2, 0.25) is 5.15 Å². The smallest absolute Gasteiger partial charge is 0.136 e. The van der Waals surface area contributed by atoms with Crippen LogP contribution in [0.25, 0.3) is 5.69 Å². The van der Waals surface area contributed by atoms with E-state index < -0.39 is 0 Å². The van der Waals surface area contributed by atoms with Crippen molar-refractivity contribution in [1.29, 1.82) is 0 Å². The molecule has 0 N–H and O–H groups in total. The Balaban J connectivity index is 2.36. The number of ether oxygens (including phenoxy) is 1. The minimum Gasteiger partial charge on any atom is -0.494 e. The van der Waals surface area contributed by atoms with Gasteiger partial charge in [-0.1, -0.05) is 18.5 Å². The van der Waals surface area contributed by atoms with Gasteiger partial charge in [0.25, 0.3) is 0 Å². The number of nitrogens with zero attached hydrogens (tertiary/aromatic N) is 2. The van der Waals surface area contributed by atoms with Crippen molar-refractivity contribution in [1.82, 2.24) is 9.78 Å². The van der Waals surface area contributed by atoms with Crippen LogP contribution in [0.3, 0.4) is 0 Å². The molecule has 4 heteroatoms. The summed E-state index contributed by atoms with van der Waals surface area (Å²) in [5.74, 6) is 0.858. The van der Waals surface area contributed by atoms with Crippen LogP contribution in [0.5, 0.6) is 5.75 Å². The van der Waals surface area contributed by atoms with Crippen LogP contribution in [0.15, 0.2) is 24.3 Å². The molecule has 0 saturated heterocycles. The lowest BCUT2D eigenvalue weighted by molar-refractivity contribution is 0.340. The van der Waals surface area contributed by atoms with Gasteiger partial charge in [0.15, 0.2) is 0 Å². The Hall–Kier alpha value is -1.48. The summed E-state index contributed by atoms with van der Waals surface area (Å²) in [6, 6.07) is 7.78. The Morgan fingerprint density at radius 1 is 1.22 bits per heavy atom. The van der Waals surface area contributed by atoms with Crippen molar-refractivity contribution in [3.8, 4) is 11.4 Å². The van der Waals surface area contributed by atoms with E-state index >= 15 is 0 Å². The summed E-state index contributed by atoms with van der Waals surface area (Å²) < 4.78 is 7.18. The molecular formula is C14H17ClN2O. The monoisotopic (exact) mass is 264 g/mol. The number of hydrogen-bond acceptors (Lipinski definition) is 2. The summed E-state index contributed by atoms with van der Waals surface area (Å²) in [5.41, 5.74) is 3.04. The van der Waals surface area contributed by atoms with Crippen molar-refractivity contribution in [2.45, 2.75) is 27.2 Å². The van der Waals surface area contributed by atoms with Crippen LogP contribution in [-0.2, 0) is 6.42 Å². The van der Waals surface area contributed by atoms with E-state index in [-0.39, 0.29) is 0 Å². The first-order valence-corrected chi connectivity index (χ1v) is 6.52. The van der Waals surface area contributed by atoms with Gasteiger partial charge in [0, 0.05) is 5.56 Å². The molecule has 0 atom stereocenters. The summed E-state index contributed by atoms with van der Waals surface area (Å²) in [4.78, 5) is 0. The van der Waals surface area contributed by atoms with E-state index in [4.69, 9.17) is 16.3 Å². The summed E-state index contributed by atoms with van der Waals surface area (Å²) in [6.07, 6.45) is 0.885. The van der Waals surface area contributed by atoms with Crippen LogP contribution in [0, 0.1) is 6.92 Å². The van der Waals surface area contributed by atoms with Crippen LogP contribution in [-0.4, -0.2) is 16.4 Å². The lowest BCUT2D eigenvalue weighted by Crippen LogP contribution is -1.98. The predicted octanol–water partition coefficient (Wildman–Crippen LogP) is 3.80. The molecule has 2 rings (SSSR count). The van der Waals surface area contributed by atoms with E-state index in [1.165, 1.54) is 0 Å². The number of aromatic nitrogens is 2. The maximum Gasteiger partial charge on any atom is 0.136 e. The van der Waals surface area contributed by atoms with E-state index in [2.05, 4.69) is 12.0 Å². The normalized spacial score (nSPS) is 10.7. The van der Waals surface area contributed by atoms with E-state index in [0.29, 0.717) is 11.8 Å². The third-order valence-corrected chi connectivity index (χ3v) is 3.32. The zero-order valence-corrected chi connectivity index (χ0v) is 11.7. The van der Waals surface area contributed by atoms with E-state index in [1.807, 2.05) is 38.1 Å². The van der Waals surface area contributed by atoms with Gasteiger partial charge in [0.2, 0.25) is 0 Å². The van der Waals surface area contributed by atoms with Crippen molar-refractivity contribution >= 4 is 11.6 Å². The van der Waals surface area contributed by atoms with Gasteiger partial charge in [-0.25, -0.2) is 4.68 Å². The van der Waals surface area contributed by atoms with Gasteiger partial charge in [-0.05, 0) is 44.5 Å². The van der Waals surface area contributed by atoms with Crippen molar-refractivity contribution in [2.24, 2.45) is 0 Å². The fraction of sp³-hybridized carbons (Fsp3) is 0.357. The van der Waals surface area contributed by atoms with Gasteiger partial charge >= 0.3 is 0 Å². The minimum absolute atomic E-state index is 0.668. The Kier molecular flexibility index (Phi) is 3.92. The Morgan fingerprint density at radius 3 is 2.39 bits per heavy atom. The lowest BCUT2D eigenvalue weighted by Gasteiger charge is -2.06. The summed E-state index contributed by atoms with van der Waals surface area (Å²) in [6.45, 7) is 6.71. The molecule has 0 aliphatic rings. The Bertz CT molecular complexity index is 531. The van der Waals surface area contributed by atoms with E-state index in [0.717, 1.165) is 29.1 Å². The molecule has 3 nitrogen and oxygen atoms in total. The molecule has 1 aromatic heterocycles. The number of halogens is 1. The molecule has 0 bridgehead atoms. The van der Waals surface area contributed by atoms with Gasteiger partial charge in [-0.2, -0.15) is 5.10 Å². The highest BCUT2D eigenvalue weighted by Crippen LogP contribution is 2.24. The van der Waals surface area contributed by atoms with Gasteiger partial charge in [0.05, 0.1) is 18.0 Å². The second-order valence-corrected chi connectivity index (χ2v) is 4.41. The molecule has 1 heterocycles. The molecule has 96 valence electrons. The molecule has 0 aliphatic carbocycles. The maximum atomic E-state index is 6.30. The zero-order chi connectivity index (χ0) is 13.1. The third kappa shape index (κ3) is 2.36. The van der Waals surface area contributed by atoms with Gasteiger partial charge in [0.1, 0.15) is 10.9 Å². The molecule has 0 fully saturated rings. The summed E-state index contributed by atoms with van der Waals surface area (Å²) in [5, 5.41) is 5.19. The van der Waals surface area contributed by atoms with E-state index in [9.17, 15) is 0 Å². The molecule has 0 spiro atoms. The molecule has 0 radical (unpaired) electrons. The second kappa shape index (κ2) is 5.44. The van der Waals surface area contributed by atoms with Gasteiger partial charge < -0.3 is 4.74 Å². The lowest BCUT2D eigenvalue weighted by atomic mass is 10.2. The molecule has 1 aromatic carbocycles. The number of benzene rings is 1. The molecule has 0 unspecified atom stereocenters.